The van der Waals surface area contributed by atoms with Crippen LogP contribution in [-0.4, -0.2) is 41.3 Å². The summed E-state index contributed by atoms with van der Waals surface area (Å²) in [5.41, 5.74) is 9.44. The van der Waals surface area contributed by atoms with Gasteiger partial charge in [-0.25, -0.2) is 9.97 Å². The Labute approximate surface area is 136 Å². The standard InChI is InChI=1S/C17H23N5O/c1-2-21(10-11-23)16-15(18)17(20-12-19-16)22-9-5-7-13-6-3-4-8-14(13)22/h3-4,6,8,12,23H,2,5,7,9-11,18H2,1H3. The molecule has 23 heavy (non-hydrogen) atoms. The number of anilines is 4. The maximum absolute atomic E-state index is 9.23. The molecule has 0 saturated heterocycles. The molecule has 0 amide bonds. The molecule has 1 aliphatic rings. The highest BCUT2D eigenvalue weighted by molar-refractivity contribution is 5.81. The number of hydrogen-bond acceptors (Lipinski definition) is 6. The minimum absolute atomic E-state index is 0.0686. The number of aromatic nitrogens is 2. The van der Waals surface area contributed by atoms with E-state index in [9.17, 15) is 5.11 Å². The Bertz CT molecular complexity index is 676. The second-order valence-corrected chi connectivity index (χ2v) is 5.62. The molecule has 0 aliphatic carbocycles. The third-order valence-electron chi connectivity index (χ3n) is 4.26. The Hall–Kier alpha value is -2.34. The van der Waals surface area contributed by atoms with Crippen LogP contribution in [0.1, 0.15) is 18.9 Å². The normalized spacial score (nSPS) is 13.7. The summed E-state index contributed by atoms with van der Waals surface area (Å²) in [6.45, 7) is 4.22. The lowest BCUT2D eigenvalue weighted by Gasteiger charge is -2.32. The van der Waals surface area contributed by atoms with Crippen LogP contribution in [0.4, 0.5) is 23.0 Å². The molecule has 122 valence electrons. The second-order valence-electron chi connectivity index (χ2n) is 5.62. The van der Waals surface area contributed by atoms with E-state index in [1.54, 1.807) is 6.33 Å². The van der Waals surface area contributed by atoms with E-state index in [-0.39, 0.29) is 6.61 Å². The van der Waals surface area contributed by atoms with Gasteiger partial charge in [-0.1, -0.05) is 18.2 Å². The van der Waals surface area contributed by atoms with Crippen LogP contribution in [0.25, 0.3) is 0 Å². The van der Waals surface area contributed by atoms with Gasteiger partial charge < -0.3 is 20.6 Å². The van der Waals surface area contributed by atoms with Gasteiger partial charge in [-0.3, -0.25) is 0 Å². The first-order valence-electron chi connectivity index (χ1n) is 8.08. The fraction of sp³-hybridized carbons (Fsp3) is 0.412. The number of hydrogen-bond donors (Lipinski definition) is 2. The molecule has 2 heterocycles. The van der Waals surface area contributed by atoms with Gasteiger partial charge in [0.05, 0.1) is 6.61 Å². The molecule has 0 spiro atoms. The fourth-order valence-corrected chi connectivity index (χ4v) is 3.13. The van der Waals surface area contributed by atoms with Gasteiger partial charge in [0.25, 0.3) is 0 Å². The minimum atomic E-state index is 0.0686. The summed E-state index contributed by atoms with van der Waals surface area (Å²) >= 11 is 0. The average Bonchev–Trinajstić information content (AvgIpc) is 2.60. The number of rotatable bonds is 5. The first-order valence-corrected chi connectivity index (χ1v) is 8.08. The third-order valence-corrected chi connectivity index (χ3v) is 4.26. The molecule has 6 heteroatoms. The summed E-state index contributed by atoms with van der Waals surface area (Å²) in [6, 6.07) is 8.38. The first kappa shape index (κ1) is 15.6. The monoisotopic (exact) mass is 313 g/mol. The molecule has 3 N–H and O–H groups in total. The summed E-state index contributed by atoms with van der Waals surface area (Å²) in [5.74, 6) is 1.44. The SMILES string of the molecule is CCN(CCO)c1ncnc(N2CCCc3ccccc32)c1N. The number of para-hydroxylation sites is 1. The quantitative estimate of drug-likeness (QED) is 0.878. The smallest absolute Gasteiger partial charge is 0.161 e. The van der Waals surface area contributed by atoms with E-state index < -0.39 is 0 Å². The van der Waals surface area contributed by atoms with E-state index in [2.05, 4.69) is 33.1 Å². The zero-order valence-electron chi connectivity index (χ0n) is 13.4. The number of aryl methyl sites for hydroxylation is 1. The van der Waals surface area contributed by atoms with Crippen LogP contribution in [0.15, 0.2) is 30.6 Å². The van der Waals surface area contributed by atoms with Gasteiger partial charge in [-0.05, 0) is 31.4 Å². The number of fused-ring (bicyclic) bond motifs is 1. The molecule has 0 saturated carbocycles. The topological polar surface area (TPSA) is 78.5 Å². The number of likely N-dealkylation sites (N-methyl/N-ethyl adjacent to an activating group) is 1. The van der Waals surface area contributed by atoms with Crippen molar-refractivity contribution in [3.05, 3.63) is 36.2 Å². The van der Waals surface area contributed by atoms with Crippen molar-refractivity contribution in [1.29, 1.82) is 0 Å². The van der Waals surface area contributed by atoms with Gasteiger partial charge in [-0.2, -0.15) is 0 Å². The van der Waals surface area contributed by atoms with Gasteiger partial charge in [0.2, 0.25) is 0 Å². The highest BCUT2D eigenvalue weighted by Gasteiger charge is 2.23. The minimum Gasteiger partial charge on any atom is -0.395 e. The van der Waals surface area contributed by atoms with Crippen molar-refractivity contribution in [2.75, 3.05) is 41.8 Å². The molecule has 0 atom stereocenters. The van der Waals surface area contributed by atoms with E-state index in [1.165, 1.54) is 11.3 Å². The largest absolute Gasteiger partial charge is 0.395 e. The van der Waals surface area contributed by atoms with E-state index in [1.807, 2.05) is 17.9 Å². The summed E-state index contributed by atoms with van der Waals surface area (Å²) in [5, 5.41) is 9.23. The molecule has 1 aromatic heterocycles. The Balaban J connectivity index is 2.02. The van der Waals surface area contributed by atoms with Crippen LogP contribution in [0.5, 0.6) is 0 Å². The first-order chi connectivity index (χ1) is 11.3. The van der Waals surface area contributed by atoms with Crippen LogP contribution in [0.3, 0.4) is 0 Å². The van der Waals surface area contributed by atoms with Gasteiger partial charge in [0, 0.05) is 25.3 Å². The van der Waals surface area contributed by atoms with Gasteiger partial charge in [0.15, 0.2) is 11.6 Å². The average molecular weight is 313 g/mol. The predicted molar refractivity (Wildman–Crippen MR) is 93.2 cm³/mol. The lowest BCUT2D eigenvalue weighted by Crippen LogP contribution is -2.30. The summed E-state index contributed by atoms with van der Waals surface area (Å²) < 4.78 is 0. The Morgan fingerprint density at radius 2 is 2.13 bits per heavy atom. The number of aliphatic hydroxyl groups is 1. The number of nitrogen functional groups attached to an aromatic ring is 1. The van der Waals surface area contributed by atoms with Crippen LogP contribution in [0, 0.1) is 0 Å². The number of nitrogens with two attached hydrogens (primary N) is 1. The molecule has 1 aliphatic heterocycles. The molecular weight excluding hydrogens is 290 g/mol. The predicted octanol–water partition coefficient (Wildman–Crippen LogP) is 1.96. The van der Waals surface area contributed by atoms with Crippen LogP contribution >= 0.6 is 0 Å². The molecule has 1 aromatic carbocycles. The molecule has 0 fully saturated rings. The summed E-state index contributed by atoms with van der Waals surface area (Å²) in [6.07, 6.45) is 3.71. The highest BCUT2D eigenvalue weighted by atomic mass is 16.3. The van der Waals surface area contributed by atoms with E-state index >= 15 is 0 Å². The van der Waals surface area contributed by atoms with Gasteiger partial charge in [-0.15, -0.1) is 0 Å². The van der Waals surface area contributed by atoms with Crippen LogP contribution in [0.2, 0.25) is 0 Å². The van der Waals surface area contributed by atoms with Crippen molar-refractivity contribution in [2.45, 2.75) is 19.8 Å². The fourth-order valence-electron chi connectivity index (χ4n) is 3.13. The van der Waals surface area contributed by atoms with Crippen molar-refractivity contribution >= 4 is 23.0 Å². The number of benzene rings is 1. The van der Waals surface area contributed by atoms with Crippen LogP contribution < -0.4 is 15.5 Å². The van der Waals surface area contributed by atoms with Crippen molar-refractivity contribution in [1.82, 2.24) is 9.97 Å². The second kappa shape index (κ2) is 6.83. The van der Waals surface area contributed by atoms with Crippen LogP contribution in [-0.2, 0) is 6.42 Å². The molecular formula is C17H23N5O. The zero-order chi connectivity index (χ0) is 16.2. The number of nitrogens with zero attached hydrogens (tertiary/aromatic N) is 4. The van der Waals surface area contributed by atoms with E-state index in [4.69, 9.17) is 5.73 Å². The van der Waals surface area contributed by atoms with Crippen molar-refractivity contribution in [3.8, 4) is 0 Å². The highest BCUT2D eigenvalue weighted by Crippen LogP contribution is 2.37. The zero-order valence-corrected chi connectivity index (χ0v) is 13.4. The molecule has 0 bridgehead atoms. The number of aliphatic hydroxyl groups excluding tert-OH is 1. The summed E-state index contributed by atoms with van der Waals surface area (Å²) in [7, 11) is 0. The summed E-state index contributed by atoms with van der Waals surface area (Å²) in [4.78, 5) is 12.9. The van der Waals surface area contributed by atoms with Crippen molar-refractivity contribution in [3.63, 3.8) is 0 Å². The Morgan fingerprint density at radius 1 is 1.30 bits per heavy atom. The lowest BCUT2D eigenvalue weighted by molar-refractivity contribution is 0.302. The lowest BCUT2D eigenvalue weighted by atomic mass is 10.0. The maximum atomic E-state index is 9.23. The molecule has 6 nitrogen and oxygen atoms in total. The Morgan fingerprint density at radius 3 is 2.91 bits per heavy atom. The molecule has 2 aromatic rings. The third kappa shape index (κ3) is 2.94. The van der Waals surface area contributed by atoms with Gasteiger partial charge >= 0.3 is 0 Å². The maximum Gasteiger partial charge on any atom is 0.161 e. The van der Waals surface area contributed by atoms with Crippen molar-refractivity contribution < 1.29 is 5.11 Å². The van der Waals surface area contributed by atoms with E-state index in [0.717, 1.165) is 31.7 Å². The molecule has 3 rings (SSSR count). The van der Waals surface area contributed by atoms with Gasteiger partial charge in [0.1, 0.15) is 12.0 Å². The molecule has 0 unspecified atom stereocenters. The molecule has 0 radical (unpaired) electrons. The van der Waals surface area contributed by atoms with Crippen molar-refractivity contribution in [2.24, 2.45) is 0 Å². The van der Waals surface area contributed by atoms with E-state index in [0.29, 0.717) is 18.1 Å². The Kier molecular flexibility index (Phi) is 4.62.